The highest BCUT2D eigenvalue weighted by molar-refractivity contribution is 6.34. The summed E-state index contributed by atoms with van der Waals surface area (Å²) in [6, 6.07) is 10.5. The van der Waals surface area contributed by atoms with Crippen molar-refractivity contribution in [1.82, 2.24) is 10.2 Å². The second-order valence-corrected chi connectivity index (χ2v) is 11.1. The van der Waals surface area contributed by atoms with Crippen LogP contribution in [0.25, 0.3) is 0 Å². The van der Waals surface area contributed by atoms with Crippen molar-refractivity contribution in [3.63, 3.8) is 0 Å². The van der Waals surface area contributed by atoms with Gasteiger partial charge >= 0.3 is 6.09 Å². The summed E-state index contributed by atoms with van der Waals surface area (Å²) in [4.78, 5) is 53.7. The minimum atomic E-state index is -1.15. The Hall–Kier alpha value is -3.59. The molecule has 0 spiro atoms. The molecule has 2 rings (SSSR count). The number of anilines is 1. The summed E-state index contributed by atoms with van der Waals surface area (Å²) in [5.74, 6) is -1.62. The average molecular weight is 573 g/mol. The molecule has 4 N–H and O–H groups in total. The number of primary amides is 1. The van der Waals surface area contributed by atoms with Crippen LogP contribution >= 0.6 is 11.6 Å². The molecule has 0 aliphatic rings. The number of benzene rings is 2. The third-order valence-corrected chi connectivity index (χ3v) is 6.46. The van der Waals surface area contributed by atoms with E-state index in [1.807, 2.05) is 51.1 Å². The number of nitrogens with two attached hydrogens (primary N) is 1. The van der Waals surface area contributed by atoms with Crippen molar-refractivity contribution in [2.75, 3.05) is 11.9 Å². The Morgan fingerprint density at radius 2 is 1.70 bits per heavy atom. The zero-order valence-corrected chi connectivity index (χ0v) is 24.9. The van der Waals surface area contributed by atoms with E-state index in [0.29, 0.717) is 22.7 Å². The van der Waals surface area contributed by atoms with Gasteiger partial charge in [0.1, 0.15) is 17.7 Å². The van der Waals surface area contributed by atoms with Crippen molar-refractivity contribution in [3.8, 4) is 0 Å². The van der Waals surface area contributed by atoms with Crippen LogP contribution in [0, 0.1) is 6.92 Å². The van der Waals surface area contributed by atoms with E-state index < -0.39 is 41.5 Å². The first-order valence-corrected chi connectivity index (χ1v) is 13.9. The minimum absolute atomic E-state index is 0.0552. The highest BCUT2D eigenvalue weighted by atomic mass is 35.5. The van der Waals surface area contributed by atoms with E-state index in [-0.39, 0.29) is 19.4 Å². The number of nitrogens with zero attached hydrogens (tertiary/aromatic N) is 1. The smallest absolute Gasteiger partial charge is 0.408 e. The van der Waals surface area contributed by atoms with Gasteiger partial charge in [0.25, 0.3) is 5.91 Å². The van der Waals surface area contributed by atoms with E-state index in [0.717, 1.165) is 17.5 Å². The first-order valence-electron chi connectivity index (χ1n) is 13.5. The number of carbonyl (C=O) groups is 4. The number of hydrogen-bond donors (Lipinski definition) is 3. The molecule has 40 heavy (non-hydrogen) atoms. The Kier molecular flexibility index (Phi) is 12.0. The number of carbonyl (C=O) groups excluding carboxylic acids is 4. The molecule has 0 aromatic heterocycles. The third-order valence-electron chi connectivity index (χ3n) is 6.15. The van der Waals surface area contributed by atoms with Crippen LogP contribution in [0.3, 0.4) is 0 Å². The van der Waals surface area contributed by atoms with Crippen molar-refractivity contribution in [3.05, 3.63) is 64.2 Å². The fourth-order valence-corrected chi connectivity index (χ4v) is 4.46. The van der Waals surface area contributed by atoms with Gasteiger partial charge in [-0.25, -0.2) is 4.79 Å². The quantitative estimate of drug-likeness (QED) is 0.318. The molecule has 4 amide bonds. The Bertz CT molecular complexity index is 1170. The molecule has 2 aromatic rings. The Morgan fingerprint density at radius 1 is 1.05 bits per heavy atom. The summed E-state index contributed by atoms with van der Waals surface area (Å²) in [5, 5.41) is 5.86. The van der Waals surface area contributed by atoms with Crippen LogP contribution in [0.1, 0.15) is 76.6 Å². The summed E-state index contributed by atoms with van der Waals surface area (Å²) >= 11 is 6.40. The summed E-state index contributed by atoms with van der Waals surface area (Å²) in [5.41, 5.74) is 7.44. The molecule has 10 heteroatoms. The molecule has 0 radical (unpaired) electrons. The van der Waals surface area contributed by atoms with E-state index in [4.69, 9.17) is 22.1 Å². The van der Waals surface area contributed by atoms with Gasteiger partial charge in [0.05, 0.1) is 10.7 Å². The lowest BCUT2D eigenvalue weighted by Crippen LogP contribution is -2.52. The van der Waals surface area contributed by atoms with Crippen LogP contribution in [0.2, 0.25) is 5.02 Å². The van der Waals surface area contributed by atoms with Crippen molar-refractivity contribution in [2.24, 2.45) is 5.73 Å². The Balaban J connectivity index is 2.55. The zero-order valence-electron chi connectivity index (χ0n) is 24.2. The van der Waals surface area contributed by atoms with E-state index in [1.165, 1.54) is 4.90 Å². The molecule has 0 bridgehead atoms. The van der Waals surface area contributed by atoms with Crippen LogP contribution in [-0.4, -0.2) is 46.9 Å². The van der Waals surface area contributed by atoms with E-state index in [2.05, 4.69) is 10.6 Å². The van der Waals surface area contributed by atoms with Gasteiger partial charge in [0.2, 0.25) is 11.8 Å². The molecule has 0 fully saturated rings. The number of amides is 4. The maximum atomic E-state index is 14.1. The number of alkyl carbamates (subject to hydrolysis) is 1. The van der Waals surface area contributed by atoms with Crippen LogP contribution in [-0.2, 0) is 25.5 Å². The molecular formula is C30H41ClN4O5. The predicted octanol–water partition coefficient (Wildman–Crippen LogP) is 5.29. The van der Waals surface area contributed by atoms with E-state index >= 15 is 0 Å². The van der Waals surface area contributed by atoms with Crippen LogP contribution < -0.4 is 16.4 Å². The standard InChI is InChI=1S/C30H41ClN4O5/c1-7-18-35(28(38)23(16-17-24(32)36)33-29(39)40-30(4,5)6)26(21-14-12-20(8-2)13-15-21)27(37)34-25-19(3)10-9-11-22(25)31/h9-15,23,26H,7-8,16-18H2,1-6H3,(H2,32,36)(H,33,39)(H,34,37). The first kappa shape index (κ1) is 32.6. The molecule has 2 aromatic carbocycles. The SMILES string of the molecule is CCCN(C(=O)C(CCC(N)=O)NC(=O)OC(C)(C)C)C(C(=O)Nc1c(C)cccc1Cl)c1ccc(CC)cc1. The van der Waals surface area contributed by atoms with Gasteiger partial charge in [-0.05, 0) is 69.7 Å². The topological polar surface area (TPSA) is 131 Å². The second-order valence-electron chi connectivity index (χ2n) is 10.7. The molecule has 2 atom stereocenters. The van der Waals surface area contributed by atoms with Crippen molar-refractivity contribution in [1.29, 1.82) is 0 Å². The molecule has 0 saturated carbocycles. The summed E-state index contributed by atoms with van der Waals surface area (Å²) in [6.45, 7) is 11.0. The number of aryl methyl sites for hydroxylation is 2. The maximum absolute atomic E-state index is 14.1. The van der Waals surface area contributed by atoms with Gasteiger partial charge in [-0.3, -0.25) is 14.4 Å². The second kappa shape index (κ2) is 14.7. The summed E-state index contributed by atoms with van der Waals surface area (Å²) in [7, 11) is 0. The van der Waals surface area contributed by atoms with Crippen molar-refractivity contribution >= 4 is 41.1 Å². The zero-order chi connectivity index (χ0) is 30.0. The predicted molar refractivity (Wildman–Crippen MR) is 157 cm³/mol. The van der Waals surface area contributed by atoms with E-state index in [9.17, 15) is 19.2 Å². The molecular weight excluding hydrogens is 532 g/mol. The number of ether oxygens (including phenoxy) is 1. The van der Waals surface area contributed by atoms with Gasteiger partial charge in [-0.15, -0.1) is 0 Å². The lowest BCUT2D eigenvalue weighted by molar-refractivity contribution is -0.141. The molecule has 0 aliphatic carbocycles. The van der Waals surface area contributed by atoms with Gasteiger partial charge in [0, 0.05) is 13.0 Å². The Morgan fingerprint density at radius 3 is 2.23 bits per heavy atom. The fourth-order valence-electron chi connectivity index (χ4n) is 4.19. The molecule has 0 aliphatic heterocycles. The first-order chi connectivity index (χ1) is 18.8. The largest absolute Gasteiger partial charge is 0.444 e. The minimum Gasteiger partial charge on any atom is -0.444 e. The monoisotopic (exact) mass is 572 g/mol. The number of rotatable bonds is 12. The molecule has 2 unspecified atom stereocenters. The van der Waals surface area contributed by atoms with Crippen LogP contribution in [0.4, 0.5) is 10.5 Å². The van der Waals surface area contributed by atoms with Gasteiger partial charge in [-0.2, -0.15) is 0 Å². The summed E-state index contributed by atoms with van der Waals surface area (Å²) in [6.07, 6.45) is 0.324. The van der Waals surface area contributed by atoms with Gasteiger partial charge in [0.15, 0.2) is 0 Å². The summed E-state index contributed by atoms with van der Waals surface area (Å²) < 4.78 is 5.36. The number of halogens is 1. The fraction of sp³-hybridized carbons (Fsp3) is 0.467. The normalized spacial score (nSPS) is 12.7. The number of hydrogen-bond acceptors (Lipinski definition) is 5. The van der Waals surface area contributed by atoms with Crippen LogP contribution in [0.15, 0.2) is 42.5 Å². The van der Waals surface area contributed by atoms with Crippen molar-refractivity contribution < 1.29 is 23.9 Å². The van der Waals surface area contributed by atoms with Crippen LogP contribution in [0.5, 0.6) is 0 Å². The third kappa shape index (κ3) is 9.55. The van der Waals surface area contributed by atoms with E-state index in [1.54, 1.807) is 32.9 Å². The maximum Gasteiger partial charge on any atom is 0.408 e. The van der Waals surface area contributed by atoms with Gasteiger partial charge in [-0.1, -0.05) is 61.8 Å². The Labute approximate surface area is 241 Å². The van der Waals surface area contributed by atoms with Gasteiger partial charge < -0.3 is 26.0 Å². The molecule has 9 nitrogen and oxygen atoms in total. The van der Waals surface area contributed by atoms with Crippen molar-refractivity contribution in [2.45, 2.75) is 84.9 Å². The highest BCUT2D eigenvalue weighted by Gasteiger charge is 2.36. The average Bonchev–Trinajstić information content (AvgIpc) is 2.87. The number of nitrogens with one attached hydrogen (secondary N) is 2. The number of para-hydroxylation sites is 1. The lowest BCUT2D eigenvalue weighted by Gasteiger charge is -2.34. The molecule has 218 valence electrons. The lowest BCUT2D eigenvalue weighted by atomic mass is 9.99. The molecule has 0 saturated heterocycles. The highest BCUT2D eigenvalue weighted by Crippen LogP contribution is 2.30. The molecule has 0 heterocycles.